The number of hydrogen-bond donors (Lipinski definition) is 0. The molecule has 0 bridgehead atoms. The molecule has 16 heavy (non-hydrogen) atoms. The minimum atomic E-state index is -3.25. The van der Waals surface area contributed by atoms with E-state index in [0.29, 0.717) is 23.2 Å². The summed E-state index contributed by atoms with van der Waals surface area (Å²) in [6, 6.07) is 3.44. The van der Waals surface area contributed by atoms with Crippen molar-refractivity contribution in [1.29, 1.82) is 0 Å². The quantitative estimate of drug-likeness (QED) is 0.784. The van der Waals surface area contributed by atoms with Crippen molar-refractivity contribution in [1.82, 2.24) is 4.31 Å². The molecule has 2 atom stereocenters. The van der Waals surface area contributed by atoms with Crippen LogP contribution in [0.25, 0.3) is 0 Å². The molecule has 90 valence electrons. The number of alkyl halides is 1. The van der Waals surface area contributed by atoms with Crippen LogP contribution in [0.5, 0.6) is 0 Å². The fourth-order valence-corrected chi connectivity index (χ4v) is 5.18. The zero-order valence-corrected chi connectivity index (χ0v) is 12.2. The summed E-state index contributed by atoms with van der Waals surface area (Å²) in [7, 11) is -3.25. The Kier molecular flexibility index (Phi) is 3.73. The summed E-state index contributed by atoms with van der Waals surface area (Å²) >= 11 is 4.83. The molecule has 0 saturated carbocycles. The summed E-state index contributed by atoms with van der Waals surface area (Å²) in [5.41, 5.74) is 0. The van der Waals surface area contributed by atoms with Gasteiger partial charge in [0.15, 0.2) is 0 Å². The van der Waals surface area contributed by atoms with E-state index in [-0.39, 0.29) is 4.83 Å². The van der Waals surface area contributed by atoms with Crippen LogP contribution < -0.4 is 0 Å². The van der Waals surface area contributed by atoms with Gasteiger partial charge in [0.1, 0.15) is 4.21 Å². The van der Waals surface area contributed by atoms with Crippen molar-refractivity contribution in [2.75, 3.05) is 13.1 Å². The molecule has 0 aliphatic carbocycles. The largest absolute Gasteiger partial charge is 0.252 e. The lowest BCUT2D eigenvalue weighted by Gasteiger charge is -2.32. The minimum Gasteiger partial charge on any atom is -0.206 e. The van der Waals surface area contributed by atoms with Gasteiger partial charge in [-0.25, -0.2) is 8.42 Å². The highest BCUT2D eigenvalue weighted by atomic mass is 79.9. The predicted octanol–water partition coefficient (Wildman–Crippen LogP) is 2.54. The third kappa shape index (κ3) is 2.34. The first-order chi connectivity index (χ1) is 7.51. The number of sulfonamides is 1. The van der Waals surface area contributed by atoms with Gasteiger partial charge in [0.2, 0.25) is 0 Å². The smallest absolute Gasteiger partial charge is 0.206 e. The summed E-state index contributed by atoms with van der Waals surface area (Å²) in [5.74, 6) is 0.537. The lowest BCUT2D eigenvalue weighted by atomic mass is 10.0. The Morgan fingerprint density at radius 1 is 1.56 bits per heavy atom. The fraction of sp³-hybridized carbons (Fsp3) is 0.600. The SMILES string of the molecule is CC1CCN(S(=O)(=O)c2cccs2)CC1Br. The van der Waals surface area contributed by atoms with Crippen LogP contribution in [0.1, 0.15) is 13.3 Å². The van der Waals surface area contributed by atoms with E-state index in [2.05, 4.69) is 22.9 Å². The average molecular weight is 324 g/mol. The molecule has 1 saturated heterocycles. The number of rotatable bonds is 2. The summed E-state index contributed by atoms with van der Waals surface area (Å²) in [6.07, 6.45) is 0.917. The second kappa shape index (κ2) is 4.76. The Balaban J connectivity index is 2.20. The van der Waals surface area contributed by atoms with Crippen LogP contribution in [0.2, 0.25) is 0 Å². The second-order valence-corrected chi connectivity index (χ2v) is 8.37. The van der Waals surface area contributed by atoms with Crippen molar-refractivity contribution in [3.63, 3.8) is 0 Å². The lowest BCUT2D eigenvalue weighted by Crippen LogP contribution is -2.43. The first-order valence-corrected chi connectivity index (χ1v) is 8.43. The van der Waals surface area contributed by atoms with Crippen LogP contribution in [-0.4, -0.2) is 30.6 Å². The van der Waals surface area contributed by atoms with Crippen molar-refractivity contribution < 1.29 is 8.42 Å². The molecule has 2 unspecified atom stereocenters. The number of thiophene rings is 1. The molecule has 0 amide bonds. The molecule has 3 nitrogen and oxygen atoms in total. The molecule has 1 aromatic rings. The molecule has 0 aromatic carbocycles. The maximum Gasteiger partial charge on any atom is 0.252 e. The topological polar surface area (TPSA) is 37.4 Å². The van der Waals surface area contributed by atoms with Crippen LogP contribution >= 0.6 is 27.3 Å². The van der Waals surface area contributed by atoms with Gasteiger partial charge in [-0.3, -0.25) is 0 Å². The van der Waals surface area contributed by atoms with Gasteiger partial charge in [0.05, 0.1) is 0 Å². The molecule has 2 rings (SSSR count). The molecule has 1 fully saturated rings. The molecular weight excluding hydrogens is 310 g/mol. The molecule has 1 aromatic heterocycles. The van der Waals surface area contributed by atoms with Gasteiger partial charge in [-0.05, 0) is 23.8 Å². The Labute approximate surface area is 109 Å². The van der Waals surface area contributed by atoms with E-state index < -0.39 is 10.0 Å². The van der Waals surface area contributed by atoms with Gasteiger partial charge in [0, 0.05) is 17.9 Å². The molecule has 1 aliphatic heterocycles. The van der Waals surface area contributed by atoms with Gasteiger partial charge >= 0.3 is 0 Å². The highest BCUT2D eigenvalue weighted by Crippen LogP contribution is 2.29. The average Bonchev–Trinajstić information content (AvgIpc) is 2.75. The molecule has 2 heterocycles. The molecular formula is C10H14BrNO2S2. The number of halogens is 1. The van der Waals surface area contributed by atoms with Gasteiger partial charge in [-0.2, -0.15) is 4.31 Å². The monoisotopic (exact) mass is 323 g/mol. The van der Waals surface area contributed by atoms with Crippen LogP contribution in [0.15, 0.2) is 21.7 Å². The highest BCUT2D eigenvalue weighted by molar-refractivity contribution is 9.09. The van der Waals surface area contributed by atoms with Gasteiger partial charge < -0.3 is 0 Å². The van der Waals surface area contributed by atoms with Crippen molar-refractivity contribution in [2.24, 2.45) is 5.92 Å². The van der Waals surface area contributed by atoms with E-state index >= 15 is 0 Å². The molecule has 6 heteroatoms. The van der Waals surface area contributed by atoms with Crippen LogP contribution in [0, 0.1) is 5.92 Å². The fourth-order valence-electron chi connectivity index (χ4n) is 1.75. The summed E-state index contributed by atoms with van der Waals surface area (Å²) < 4.78 is 26.5. The zero-order chi connectivity index (χ0) is 11.8. The second-order valence-electron chi connectivity index (χ2n) is 4.08. The van der Waals surface area contributed by atoms with Crippen LogP contribution in [0.4, 0.5) is 0 Å². The summed E-state index contributed by atoms with van der Waals surface area (Å²) in [6.45, 7) is 3.35. The van der Waals surface area contributed by atoms with Crippen LogP contribution in [-0.2, 0) is 10.0 Å². The number of nitrogens with zero attached hydrogens (tertiary/aromatic N) is 1. The highest BCUT2D eigenvalue weighted by Gasteiger charge is 2.32. The Morgan fingerprint density at radius 2 is 2.31 bits per heavy atom. The summed E-state index contributed by atoms with van der Waals surface area (Å²) in [5, 5.41) is 1.80. The van der Waals surface area contributed by atoms with Crippen molar-refractivity contribution >= 4 is 37.3 Å². The first kappa shape index (κ1) is 12.5. The maximum atomic E-state index is 12.2. The Hall–Kier alpha value is 0.0900. The Bertz CT molecular complexity index is 443. The van der Waals surface area contributed by atoms with Crippen LogP contribution in [0.3, 0.4) is 0 Å². The van der Waals surface area contributed by atoms with Gasteiger partial charge in [-0.1, -0.05) is 28.9 Å². The Morgan fingerprint density at radius 3 is 2.88 bits per heavy atom. The molecule has 0 spiro atoms. The van der Waals surface area contributed by atoms with Crippen molar-refractivity contribution in [3.05, 3.63) is 17.5 Å². The molecule has 0 radical (unpaired) electrons. The number of hydrogen-bond acceptors (Lipinski definition) is 3. The predicted molar refractivity (Wildman–Crippen MR) is 69.6 cm³/mol. The van der Waals surface area contributed by atoms with E-state index in [9.17, 15) is 8.42 Å². The zero-order valence-electron chi connectivity index (χ0n) is 8.97. The minimum absolute atomic E-state index is 0.260. The maximum absolute atomic E-state index is 12.2. The third-order valence-electron chi connectivity index (χ3n) is 2.92. The number of piperidine rings is 1. The molecule has 1 aliphatic rings. The van der Waals surface area contributed by atoms with E-state index in [1.165, 1.54) is 11.3 Å². The normalized spacial score (nSPS) is 28.1. The third-order valence-corrected chi connectivity index (χ3v) is 7.35. The first-order valence-electron chi connectivity index (χ1n) is 5.19. The standard InChI is InChI=1S/C10H14BrNO2S2/c1-8-4-5-12(7-9(8)11)16(13,14)10-3-2-6-15-10/h2-3,6,8-9H,4-5,7H2,1H3. The van der Waals surface area contributed by atoms with Gasteiger partial charge in [0.25, 0.3) is 10.0 Å². The van der Waals surface area contributed by atoms with Crippen molar-refractivity contribution in [3.8, 4) is 0 Å². The van der Waals surface area contributed by atoms with Crippen molar-refractivity contribution in [2.45, 2.75) is 22.4 Å². The van der Waals surface area contributed by atoms with Gasteiger partial charge in [-0.15, -0.1) is 11.3 Å². The van der Waals surface area contributed by atoms with E-state index in [1.54, 1.807) is 21.8 Å². The van der Waals surface area contributed by atoms with E-state index in [1.807, 2.05) is 0 Å². The lowest BCUT2D eigenvalue weighted by molar-refractivity contribution is 0.300. The van der Waals surface area contributed by atoms with E-state index in [4.69, 9.17) is 0 Å². The van der Waals surface area contributed by atoms with E-state index in [0.717, 1.165) is 6.42 Å². The summed E-state index contributed by atoms with van der Waals surface area (Å²) in [4.78, 5) is 0.260. The molecule has 0 N–H and O–H groups in total.